The van der Waals surface area contributed by atoms with Gasteiger partial charge in [-0.15, -0.1) is 0 Å². The van der Waals surface area contributed by atoms with Gasteiger partial charge in [0.2, 0.25) is 18.6 Å². The molecule has 92 valence electrons. The van der Waals surface area contributed by atoms with Crippen LogP contribution in [0.25, 0.3) is 0 Å². The minimum atomic E-state index is 0.230. The summed E-state index contributed by atoms with van der Waals surface area (Å²) in [6.45, 7) is 0.230. The second-order valence-electron chi connectivity index (χ2n) is 3.48. The predicted octanol–water partition coefficient (Wildman–Crippen LogP) is 1.28. The predicted molar refractivity (Wildman–Crippen MR) is 62.5 cm³/mol. The molecule has 0 saturated carbocycles. The van der Waals surface area contributed by atoms with Crippen molar-refractivity contribution in [2.45, 2.75) is 0 Å². The van der Waals surface area contributed by atoms with Crippen LogP contribution in [0.5, 0.6) is 23.1 Å². The maximum atomic E-state index is 5.56. The third-order valence-electron chi connectivity index (χ3n) is 2.33. The summed E-state index contributed by atoms with van der Waals surface area (Å²) in [7, 11) is 0. The van der Waals surface area contributed by atoms with Crippen LogP contribution in [0.4, 0.5) is 5.95 Å². The van der Waals surface area contributed by atoms with Crippen molar-refractivity contribution in [2.24, 2.45) is 5.84 Å². The van der Waals surface area contributed by atoms with Gasteiger partial charge in [-0.05, 0) is 12.1 Å². The highest BCUT2D eigenvalue weighted by atomic mass is 16.7. The lowest BCUT2D eigenvalue weighted by Crippen LogP contribution is -2.10. The number of rotatable bonds is 3. The number of nitrogen functional groups attached to an aromatic ring is 1. The Kier molecular flexibility index (Phi) is 2.58. The molecule has 0 radical (unpaired) electrons. The average Bonchev–Trinajstić information content (AvgIpc) is 2.86. The molecule has 1 aliphatic rings. The number of ether oxygens (including phenoxy) is 3. The number of anilines is 1. The molecule has 0 bridgehead atoms. The zero-order valence-electron chi connectivity index (χ0n) is 9.29. The van der Waals surface area contributed by atoms with E-state index in [0.29, 0.717) is 23.1 Å². The fourth-order valence-corrected chi connectivity index (χ4v) is 1.53. The minimum Gasteiger partial charge on any atom is -0.454 e. The lowest BCUT2D eigenvalue weighted by Gasteiger charge is -2.06. The number of nitrogens with zero attached hydrogens (tertiary/aromatic N) is 2. The number of hydrogen-bond donors (Lipinski definition) is 2. The largest absolute Gasteiger partial charge is 0.454 e. The highest BCUT2D eigenvalue weighted by molar-refractivity contribution is 5.47. The molecule has 0 spiro atoms. The van der Waals surface area contributed by atoms with Crippen molar-refractivity contribution in [3.63, 3.8) is 0 Å². The number of nitrogens with two attached hydrogens (primary N) is 1. The first-order valence-electron chi connectivity index (χ1n) is 5.22. The van der Waals surface area contributed by atoms with Crippen molar-refractivity contribution in [1.29, 1.82) is 0 Å². The minimum absolute atomic E-state index is 0.230. The summed E-state index contributed by atoms with van der Waals surface area (Å²) >= 11 is 0. The number of aromatic nitrogens is 2. The molecule has 18 heavy (non-hydrogen) atoms. The molecule has 2 aromatic rings. The topological polar surface area (TPSA) is 91.5 Å². The van der Waals surface area contributed by atoms with Gasteiger partial charge < -0.3 is 14.2 Å². The van der Waals surface area contributed by atoms with E-state index in [9.17, 15) is 0 Å². The average molecular weight is 246 g/mol. The van der Waals surface area contributed by atoms with Gasteiger partial charge in [-0.25, -0.2) is 10.8 Å². The van der Waals surface area contributed by atoms with Crippen LogP contribution in [0.3, 0.4) is 0 Å². The Bertz CT molecular complexity index is 576. The van der Waals surface area contributed by atoms with Gasteiger partial charge in [-0.2, -0.15) is 4.98 Å². The first kappa shape index (κ1) is 10.6. The Morgan fingerprint density at radius 1 is 1.22 bits per heavy atom. The summed E-state index contributed by atoms with van der Waals surface area (Å²) in [5.74, 6) is 7.84. The zero-order chi connectivity index (χ0) is 12.4. The molecule has 1 aromatic carbocycles. The molecule has 1 aromatic heterocycles. The molecule has 0 fully saturated rings. The second kappa shape index (κ2) is 4.38. The van der Waals surface area contributed by atoms with Gasteiger partial charge in [0.1, 0.15) is 5.75 Å². The van der Waals surface area contributed by atoms with Gasteiger partial charge in [-0.3, -0.25) is 5.43 Å². The molecule has 0 atom stereocenters. The summed E-state index contributed by atoms with van der Waals surface area (Å²) in [5.41, 5.74) is 2.35. The highest BCUT2D eigenvalue weighted by Gasteiger charge is 2.14. The van der Waals surface area contributed by atoms with Crippen LogP contribution in [-0.4, -0.2) is 16.8 Å². The van der Waals surface area contributed by atoms with Crippen LogP contribution in [0.1, 0.15) is 0 Å². The van der Waals surface area contributed by atoms with E-state index in [1.54, 1.807) is 30.5 Å². The monoisotopic (exact) mass is 246 g/mol. The fraction of sp³-hybridized carbons (Fsp3) is 0.0909. The Morgan fingerprint density at radius 2 is 2.11 bits per heavy atom. The quantitative estimate of drug-likeness (QED) is 0.622. The van der Waals surface area contributed by atoms with E-state index in [4.69, 9.17) is 20.1 Å². The molecule has 0 amide bonds. The molecule has 7 nitrogen and oxygen atoms in total. The van der Waals surface area contributed by atoms with Gasteiger partial charge in [0.05, 0.1) is 0 Å². The summed E-state index contributed by atoms with van der Waals surface area (Å²) in [5, 5.41) is 0. The number of hydrogen-bond acceptors (Lipinski definition) is 7. The second-order valence-corrected chi connectivity index (χ2v) is 3.48. The van der Waals surface area contributed by atoms with Crippen molar-refractivity contribution < 1.29 is 14.2 Å². The normalized spacial score (nSPS) is 12.3. The lowest BCUT2D eigenvalue weighted by molar-refractivity contribution is 0.174. The summed E-state index contributed by atoms with van der Waals surface area (Å²) < 4.78 is 16.0. The van der Waals surface area contributed by atoms with Crippen molar-refractivity contribution in [3.05, 3.63) is 30.5 Å². The van der Waals surface area contributed by atoms with Crippen LogP contribution in [0, 0.1) is 0 Å². The Labute approximate surface area is 102 Å². The first-order valence-corrected chi connectivity index (χ1v) is 5.22. The van der Waals surface area contributed by atoms with Gasteiger partial charge in [-0.1, -0.05) is 0 Å². The van der Waals surface area contributed by atoms with E-state index < -0.39 is 0 Å². The number of fused-ring (bicyclic) bond motifs is 1. The molecular weight excluding hydrogens is 236 g/mol. The number of hydrazine groups is 1. The molecule has 3 rings (SSSR count). The molecule has 7 heteroatoms. The van der Waals surface area contributed by atoms with Crippen molar-refractivity contribution in [1.82, 2.24) is 9.97 Å². The van der Waals surface area contributed by atoms with E-state index in [1.165, 1.54) is 0 Å². The SMILES string of the molecule is NNc1nccc(Oc2ccc3c(c2)OCO3)n1. The van der Waals surface area contributed by atoms with Crippen LogP contribution < -0.4 is 25.5 Å². The Hall–Kier alpha value is -2.54. The zero-order valence-corrected chi connectivity index (χ0v) is 9.29. The Balaban J connectivity index is 1.83. The van der Waals surface area contributed by atoms with Crippen LogP contribution in [-0.2, 0) is 0 Å². The molecule has 0 saturated heterocycles. The Morgan fingerprint density at radius 3 is 3.00 bits per heavy atom. The molecule has 0 aliphatic carbocycles. The van der Waals surface area contributed by atoms with Crippen molar-refractivity contribution in [2.75, 3.05) is 12.2 Å². The summed E-state index contributed by atoms with van der Waals surface area (Å²) in [6, 6.07) is 6.91. The van der Waals surface area contributed by atoms with Crippen molar-refractivity contribution >= 4 is 5.95 Å². The maximum Gasteiger partial charge on any atom is 0.240 e. The molecule has 3 N–H and O–H groups in total. The van der Waals surface area contributed by atoms with Crippen LogP contribution in [0.15, 0.2) is 30.5 Å². The fourth-order valence-electron chi connectivity index (χ4n) is 1.53. The van der Waals surface area contributed by atoms with E-state index in [-0.39, 0.29) is 12.7 Å². The summed E-state index contributed by atoms with van der Waals surface area (Å²) in [4.78, 5) is 7.92. The van der Waals surface area contributed by atoms with E-state index in [1.807, 2.05) is 0 Å². The standard InChI is InChI=1S/C11H10N4O3/c12-15-11-13-4-3-10(14-11)18-7-1-2-8-9(5-7)17-6-16-8/h1-5H,6,12H2,(H,13,14,15). The number of nitrogens with one attached hydrogen (secondary N) is 1. The maximum absolute atomic E-state index is 5.56. The van der Waals surface area contributed by atoms with Crippen molar-refractivity contribution in [3.8, 4) is 23.1 Å². The number of benzene rings is 1. The highest BCUT2D eigenvalue weighted by Crippen LogP contribution is 2.36. The molecule has 0 unspecified atom stereocenters. The van der Waals surface area contributed by atoms with E-state index in [2.05, 4.69) is 15.4 Å². The van der Waals surface area contributed by atoms with E-state index in [0.717, 1.165) is 0 Å². The van der Waals surface area contributed by atoms with E-state index >= 15 is 0 Å². The summed E-state index contributed by atoms with van der Waals surface area (Å²) in [6.07, 6.45) is 1.55. The third-order valence-corrected chi connectivity index (χ3v) is 2.33. The van der Waals surface area contributed by atoms with Gasteiger partial charge >= 0.3 is 0 Å². The molecular formula is C11H10N4O3. The van der Waals surface area contributed by atoms with Crippen LogP contribution >= 0.6 is 0 Å². The molecule has 1 aliphatic heterocycles. The smallest absolute Gasteiger partial charge is 0.240 e. The van der Waals surface area contributed by atoms with Gasteiger partial charge in [0.25, 0.3) is 0 Å². The first-order chi connectivity index (χ1) is 8.85. The lowest BCUT2D eigenvalue weighted by atomic mass is 10.3. The molecule has 2 heterocycles. The van der Waals surface area contributed by atoms with Crippen LogP contribution in [0.2, 0.25) is 0 Å². The third kappa shape index (κ3) is 1.98. The van der Waals surface area contributed by atoms with Gasteiger partial charge in [0, 0.05) is 18.3 Å². The van der Waals surface area contributed by atoms with Gasteiger partial charge in [0.15, 0.2) is 11.5 Å².